The molecular formula is C40H51N5. The van der Waals surface area contributed by atoms with Crippen LogP contribution in [-0.2, 0) is 0 Å². The van der Waals surface area contributed by atoms with Crippen LogP contribution < -0.4 is 16.0 Å². The molecule has 10 bridgehead atoms. The van der Waals surface area contributed by atoms with Crippen LogP contribution >= 0.6 is 0 Å². The standard InChI is InChI=1S/C40H51N5/c1-16-17(2)32-27(12)34-20(5)21(6)36(43-34)29(14)38-24(9)25(10)40(45-38)30(15)39-23(8)22(7)37(44-39)28(13)35-19(4)18(3)33(42-35)26(11)31(16)41-32/h16-17,31-32,41,44H,1-15H3. The maximum atomic E-state index is 5.39. The van der Waals surface area contributed by atoms with E-state index in [0.717, 1.165) is 50.5 Å². The van der Waals surface area contributed by atoms with E-state index in [4.69, 9.17) is 15.0 Å². The van der Waals surface area contributed by atoms with E-state index in [1.54, 1.807) is 0 Å². The zero-order valence-electron chi connectivity index (χ0n) is 30.2. The molecule has 5 heteroatoms. The monoisotopic (exact) mass is 601 g/mol. The highest BCUT2D eigenvalue weighted by Crippen LogP contribution is 2.41. The highest BCUT2D eigenvalue weighted by atomic mass is 15.0. The van der Waals surface area contributed by atoms with Crippen LogP contribution in [0, 0.1) is 25.7 Å². The van der Waals surface area contributed by atoms with Gasteiger partial charge >= 0.3 is 0 Å². The van der Waals surface area contributed by atoms with Gasteiger partial charge in [-0.05, 0) is 169 Å². The first-order valence-electron chi connectivity index (χ1n) is 16.7. The molecule has 4 atom stereocenters. The van der Waals surface area contributed by atoms with Crippen molar-refractivity contribution in [2.75, 3.05) is 0 Å². The maximum absolute atomic E-state index is 5.39. The van der Waals surface area contributed by atoms with E-state index < -0.39 is 0 Å². The summed E-state index contributed by atoms with van der Waals surface area (Å²) >= 11 is 0. The summed E-state index contributed by atoms with van der Waals surface area (Å²) in [5, 5.41) is 6.39. The molecule has 5 nitrogen and oxygen atoms in total. The molecule has 45 heavy (non-hydrogen) atoms. The van der Waals surface area contributed by atoms with Crippen molar-refractivity contribution >= 4 is 28.3 Å². The highest BCUT2D eigenvalue weighted by molar-refractivity contribution is 6.30. The SMILES string of the molecule is CC1=C(C)C2=C(C)C3=NC(=C(C)C4NC(C(C)=C5N=C(C(C)=C5C)C(C)=c5[nH]c(c(C)c5C)=C(C)C1=N2)C(C)C4C)C(C)=C3C. The van der Waals surface area contributed by atoms with Gasteiger partial charge in [-0.25, -0.2) is 15.0 Å². The van der Waals surface area contributed by atoms with Crippen LogP contribution in [0.25, 0.3) is 11.1 Å². The number of allylic oxidation sites excluding steroid dienone is 7. The number of H-pyrrole nitrogens is 1. The van der Waals surface area contributed by atoms with Crippen LogP contribution in [0.4, 0.5) is 0 Å². The van der Waals surface area contributed by atoms with Crippen molar-refractivity contribution in [1.29, 1.82) is 0 Å². The van der Waals surface area contributed by atoms with Crippen molar-refractivity contribution < 1.29 is 0 Å². The van der Waals surface area contributed by atoms with Crippen molar-refractivity contribution in [3.05, 3.63) is 89.1 Å². The Bertz CT molecular complexity index is 2020. The second-order valence-corrected chi connectivity index (χ2v) is 14.4. The van der Waals surface area contributed by atoms with E-state index in [1.807, 2.05) is 0 Å². The van der Waals surface area contributed by atoms with Gasteiger partial charge in [-0.1, -0.05) is 13.8 Å². The van der Waals surface area contributed by atoms with Crippen LogP contribution in [0.15, 0.2) is 82.2 Å². The van der Waals surface area contributed by atoms with Gasteiger partial charge in [0.05, 0.1) is 34.2 Å². The largest absolute Gasteiger partial charge is 0.355 e. The second-order valence-electron chi connectivity index (χ2n) is 14.4. The van der Waals surface area contributed by atoms with Crippen molar-refractivity contribution in [3.8, 4) is 0 Å². The lowest BCUT2D eigenvalue weighted by atomic mass is 9.84. The van der Waals surface area contributed by atoms with Crippen LogP contribution in [0.1, 0.15) is 101 Å². The number of rotatable bonds is 0. The number of fused-ring (bicyclic) bond motifs is 7. The van der Waals surface area contributed by atoms with Crippen molar-refractivity contribution in [2.24, 2.45) is 26.8 Å². The normalized spacial score (nSPS) is 27.6. The molecule has 4 unspecified atom stereocenters. The third-order valence-electron chi connectivity index (χ3n) is 12.1. The molecule has 0 saturated carbocycles. The number of nitrogens with one attached hydrogen (secondary N) is 2. The number of nitrogens with zero attached hydrogens (tertiary/aromatic N) is 3. The van der Waals surface area contributed by atoms with E-state index in [-0.39, 0.29) is 12.1 Å². The summed E-state index contributed by atoms with van der Waals surface area (Å²) in [6.07, 6.45) is 0. The van der Waals surface area contributed by atoms with E-state index >= 15 is 0 Å². The van der Waals surface area contributed by atoms with Crippen molar-refractivity contribution in [2.45, 2.75) is 116 Å². The molecule has 1 fully saturated rings. The van der Waals surface area contributed by atoms with Gasteiger partial charge in [0.1, 0.15) is 0 Å². The van der Waals surface area contributed by atoms with Crippen molar-refractivity contribution in [3.63, 3.8) is 0 Å². The van der Waals surface area contributed by atoms with E-state index in [9.17, 15) is 0 Å². The van der Waals surface area contributed by atoms with Crippen LogP contribution in [0.3, 0.4) is 0 Å². The Morgan fingerprint density at radius 1 is 0.400 bits per heavy atom. The Morgan fingerprint density at radius 3 is 1.13 bits per heavy atom. The molecule has 1 aromatic heterocycles. The van der Waals surface area contributed by atoms with Crippen LogP contribution in [0.5, 0.6) is 0 Å². The fourth-order valence-electron chi connectivity index (χ4n) is 8.36. The molecule has 1 saturated heterocycles. The molecule has 0 aromatic carbocycles. The van der Waals surface area contributed by atoms with E-state index in [2.05, 4.69) is 114 Å². The van der Waals surface area contributed by atoms with E-state index in [1.165, 1.54) is 66.9 Å². The number of aromatic nitrogens is 1. The average Bonchev–Trinajstić information content (AvgIpc) is 3.75. The Morgan fingerprint density at radius 2 is 0.733 bits per heavy atom. The second kappa shape index (κ2) is 10.8. The van der Waals surface area contributed by atoms with Gasteiger partial charge in [-0.2, -0.15) is 0 Å². The first-order valence-corrected chi connectivity index (χ1v) is 16.7. The van der Waals surface area contributed by atoms with Gasteiger partial charge in [0.15, 0.2) is 0 Å². The summed E-state index contributed by atoms with van der Waals surface area (Å²) in [6.45, 7) is 33.8. The van der Waals surface area contributed by atoms with Gasteiger partial charge in [-0.3, -0.25) is 0 Å². The molecule has 5 aliphatic rings. The quantitative estimate of drug-likeness (QED) is 0.313. The molecule has 0 aliphatic carbocycles. The molecule has 0 radical (unpaired) electrons. The summed E-state index contributed by atoms with van der Waals surface area (Å²) in [6, 6.07) is 0.482. The Labute approximate surface area is 269 Å². The summed E-state index contributed by atoms with van der Waals surface area (Å²) < 4.78 is 0. The Kier molecular flexibility index (Phi) is 7.51. The Hall–Kier alpha value is -3.57. The zero-order valence-corrected chi connectivity index (χ0v) is 30.2. The van der Waals surface area contributed by atoms with Gasteiger partial charge in [0.25, 0.3) is 0 Å². The van der Waals surface area contributed by atoms with Crippen LogP contribution in [0.2, 0.25) is 0 Å². The lowest BCUT2D eigenvalue weighted by Gasteiger charge is -2.20. The maximum Gasteiger partial charge on any atom is 0.0720 e. The predicted octanol–water partition coefficient (Wildman–Crippen LogP) is 7.79. The smallest absolute Gasteiger partial charge is 0.0720 e. The molecule has 0 spiro atoms. The average molecular weight is 602 g/mol. The van der Waals surface area contributed by atoms with Crippen LogP contribution in [-0.4, -0.2) is 34.2 Å². The van der Waals surface area contributed by atoms with Gasteiger partial charge < -0.3 is 10.3 Å². The fraction of sp³-hybridized carbons (Fsp3) is 0.475. The molecule has 6 rings (SSSR count). The fourth-order valence-corrected chi connectivity index (χ4v) is 8.36. The molecular weight excluding hydrogens is 550 g/mol. The molecule has 1 aromatic rings. The minimum Gasteiger partial charge on any atom is -0.355 e. The highest BCUT2D eigenvalue weighted by Gasteiger charge is 2.41. The number of hydrogen-bond donors (Lipinski definition) is 2. The summed E-state index contributed by atoms with van der Waals surface area (Å²) in [4.78, 5) is 20.0. The molecule has 2 N–H and O–H groups in total. The minimum atomic E-state index is 0.240. The molecule has 5 aliphatic heterocycles. The Balaban J connectivity index is 1.71. The lowest BCUT2D eigenvalue weighted by molar-refractivity contribution is 0.424. The third-order valence-corrected chi connectivity index (χ3v) is 12.1. The number of aromatic amines is 1. The predicted molar refractivity (Wildman–Crippen MR) is 192 cm³/mol. The van der Waals surface area contributed by atoms with Crippen molar-refractivity contribution in [1.82, 2.24) is 10.3 Å². The van der Waals surface area contributed by atoms with Gasteiger partial charge in [0.2, 0.25) is 0 Å². The number of aliphatic imine (C=N–C) groups is 3. The molecule has 0 amide bonds. The molecule has 236 valence electrons. The first-order chi connectivity index (χ1) is 21.1. The third kappa shape index (κ3) is 4.40. The summed E-state index contributed by atoms with van der Waals surface area (Å²) in [5.41, 5.74) is 22.8. The zero-order chi connectivity index (χ0) is 33.0. The number of hydrogen-bond acceptors (Lipinski definition) is 4. The summed E-state index contributed by atoms with van der Waals surface area (Å²) in [7, 11) is 0. The summed E-state index contributed by atoms with van der Waals surface area (Å²) in [5.74, 6) is 0.916. The van der Waals surface area contributed by atoms with Gasteiger partial charge in [-0.15, -0.1) is 0 Å². The van der Waals surface area contributed by atoms with Gasteiger partial charge in [0, 0.05) is 28.4 Å². The topological polar surface area (TPSA) is 64.9 Å². The molecule has 6 heterocycles. The first kappa shape index (κ1) is 31.4. The lowest BCUT2D eigenvalue weighted by Crippen LogP contribution is -2.34. The van der Waals surface area contributed by atoms with E-state index in [0.29, 0.717) is 11.8 Å². The minimum absolute atomic E-state index is 0.240.